The monoisotopic (exact) mass is 199 g/mol. The fraction of sp³-hybridized carbons (Fsp3) is 0.182. The fourth-order valence-electron chi connectivity index (χ4n) is 1.03. The number of aryl methyl sites for hydroxylation is 1. The summed E-state index contributed by atoms with van der Waals surface area (Å²) in [6.07, 6.45) is 5.00. The van der Waals surface area contributed by atoms with Crippen LogP contribution in [0.25, 0.3) is 0 Å². The van der Waals surface area contributed by atoms with Crippen LogP contribution in [-0.4, -0.2) is 17.4 Å². The molecule has 0 bridgehead atoms. The highest BCUT2D eigenvalue weighted by Crippen LogP contribution is 2.04. The summed E-state index contributed by atoms with van der Waals surface area (Å²) in [6.45, 7) is 1.84. The summed E-state index contributed by atoms with van der Waals surface area (Å²) >= 11 is 0. The van der Waals surface area contributed by atoms with Gasteiger partial charge in [0.1, 0.15) is 11.8 Å². The zero-order valence-electron chi connectivity index (χ0n) is 8.24. The minimum Gasteiger partial charge on any atom is -0.340 e. The van der Waals surface area contributed by atoms with E-state index in [0.717, 1.165) is 0 Å². The molecule has 1 N–H and O–H groups in total. The number of carbonyl (C=O) groups excluding carboxylic acids is 1. The first-order chi connectivity index (χ1) is 7.19. The van der Waals surface area contributed by atoms with Crippen LogP contribution >= 0.6 is 0 Å². The lowest BCUT2D eigenvalue weighted by Crippen LogP contribution is -2.24. The minimum absolute atomic E-state index is 0.166. The highest BCUT2D eigenvalue weighted by molar-refractivity contribution is 5.92. The van der Waals surface area contributed by atoms with Crippen molar-refractivity contribution in [2.24, 2.45) is 0 Å². The molecule has 1 aromatic heterocycles. The van der Waals surface area contributed by atoms with Gasteiger partial charge in [-0.15, -0.1) is 6.42 Å². The predicted molar refractivity (Wildman–Crippen MR) is 54.9 cm³/mol. The number of nitrogens with one attached hydrogen (secondary N) is 1. The molecule has 0 atom stereocenters. The van der Waals surface area contributed by atoms with Crippen LogP contribution in [0.1, 0.15) is 21.7 Å². The number of pyridine rings is 1. The molecule has 0 unspecified atom stereocenters. The van der Waals surface area contributed by atoms with Crippen LogP contribution in [0, 0.1) is 30.6 Å². The summed E-state index contributed by atoms with van der Waals surface area (Å²) in [5.74, 6) is 1.96. The van der Waals surface area contributed by atoms with Crippen molar-refractivity contribution in [3.05, 3.63) is 29.1 Å². The lowest BCUT2D eigenvalue weighted by atomic mass is 10.2. The molecule has 0 spiro atoms. The summed E-state index contributed by atoms with van der Waals surface area (Å²) < 4.78 is 0. The van der Waals surface area contributed by atoms with Gasteiger partial charge in [0.05, 0.1) is 17.8 Å². The topological polar surface area (TPSA) is 65.8 Å². The van der Waals surface area contributed by atoms with Crippen LogP contribution < -0.4 is 5.32 Å². The Labute approximate surface area is 87.9 Å². The first kappa shape index (κ1) is 10.7. The number of terminal acetylenes is 1. The third kappa shape index (κ3) is 2.55. The van der Waals surface area contributed by atoms with Gasteiger partial charge < -0.3 is 5.32 Å². The molecule has 1 rings (SSSR count). The van der Waals surface area contributed by atoms with Crippen molar-refractivity contribution in [2.75, 3.05) is 6.54 Å². The van der Waals surface area contributed by atoms with Gasteiger partial charge in [0.2, 0.25) is 0 Å². The Bertz CT molecular complexity index is 466. The van der Waals surface area contributed by atoms with E-state index in [1.165, 1.54) is 6.07 Å². The highest BCUT2D eigenvalue weighted by atomic mass is 16.1. The third-order valence-corrected chi connectivity index (χ3v) is 1.79. The molecule has 0 aliphatic heterocycles. The molecule has 1 amide bonds. The number of amides is 1. The molecule has 4 heteroatoms. The van der Waals surface area contributed by atoms with Gasteiger partial charge in [0.15, 0.2) is 0 Å². The quantitative estimate of drug-likeness (QED) is 0.710. The van der Waals surface area contributed by atoms with E-state index in [4.69, 9.17) is 11.7 Å². The van der Waals surface area contributed by atoms with Gasteiger partial charge in [-0.1, -0.05) is 5.92 Å². The first-order valence-electron chi connectivity index (χ1n) is 4.28. The fourth-order valence-corrected chi connectivity index (χ4v) is 1.03. The molecule has 0 aliphatic carbocycles. The molecule has 0 radical (unpaired) electrons. The lowest BCUT2D eigenvalue weighted by Gasteiger charge is -2.02. The second kappa shape index (κ2) is 4.78. The normalized spacial score (nSPS) is 8.73. The average molecular weight is 199 g/mol. The number of aromatic nitrogens is 1. The van der Waals surface area contributed by atoms with Crippen LogP contribution in [0.2, 0.25) is 0 Å². The van der Waals surface area contributed by atoms with Gasteiger partial charge in [-0.2, -0.15) is 5.26 Å². The Hall–Kier alpha value is -2.33. The summed E-state index contributed by atoms with van der Waals surface area (Å²) in [6, 6.07) is 5.04. The highest BCUT2D eigenvalue weighted by Gasteiger charge is 2.07. The van der Waals surface area contributed by atoms with Crippen LogP contribution in [0.15, 0.2) is 12.1 Å². The van der Waals surface area contributed by atoms with E-state index in [1.807, 2.05) is 6.07 Å². The largest absolute Gasteiger partial charge is 0.340 e. The second-order valence-electron chi connectivity index (χ2n) is 2.83. The van der Waals surface area contributed by atoms with Gasteiger partial charge in [0, 0.05) is 0 Å². The Morgan fingerprint density at radius 2 is 2.40 bits per heavy atom. The molecule has 1 heterocycles. The maximum absolute atomic E-state index is 11.4. The molecule has 0 fully saturated rings. The zero-order valence-corrected chi connectivity index (χ0v) is 8.24. The number of carbonyl (C=O) groups is 1. The van der Waals surface area contributed by atoms with Gasteiger partial charge in [-0.25, -0.2) is 4.98 Å². The van der Waals surface area contributed by atoms with Crippen LogP contribution in [0.5, 0.6) is 0 Å². The Balaban J connectivity index is 2.90. The van der Waals surface area contributed by atoms with E-state index in [1.54, 1.807) is 13.0 Å². The Kier molecular flexibility index (Phi) is 3.43. The Morgan fingerprint density at radius 3 is 2.93 bits per heavy atom. The van der Waals surface area contributed by atoms with Gasteiger partial charge in [-0.05, 0) is 19.1 Å². The van der Waals surface area contributed by atoms with E-state index >= 15 is 0 Å². The molecule has 74 valence electrons. The van der Waals surface area contributed by atoms with E-state index in [0.29, 0.717) is 11.3 Å². The smallest absolute Gasteiger partial charge is 0.270 e. The Morgan fingerprint density at radius 1 is 1.67 bits per heavy atom. The molecule has 1 aromatic rings. The predicted octanol–water partition coefficient (Wildman–Crippen LogP) is 0.625. The molecule has 0 aliphatic rings. The number of rotatable bonds is 2. The van der Waals surface area contributed by atoms with Crippen molar-refractivity contribution in [1.82, 2.24) is 10.3 Å². The van der Waals surface area contributed by atoms with Crippen LogP contribution in [-0.2, 0) is 0 Å². The standard InChI is InChI=1S/C11H9N3O/c1-3-6-13-11(15)10-5-4-9(7-12)8(2)14-10/h1,4-5H,6H2,2H3,(H,13,15). The maximum Gasteiger partial charge on any atom is 0.270 e. The zero-order chi connectivity index (χ0) is 11.3. The van der Waals surface area contributed by atoms with E-state index in [9.17, 15) is 4.79 Å². The lowest BCUT2D eigenvalue weighted by molar-refractivity contribution is 0.0953. The average Bonchev–Trinajstić information content (AvgIpc) is 2.25. The first-order valence-corrected chi connectivity index (χ1v) is 4.28. The van der Waals surface area contributed by atoms with E-state index in [2.05, 4.69) is 16.2 Å². The van der Waals surface area contributed by atoms with E-state index in [-0.39, 0.29) is 18.1 Å². The van der Waals surface area contributed by atoms with Gasteiger partial charge >= 0.3 is 0 Å². The van der Waals surface area contributed by atoms with Crippen molar-refractivity contribution in [1.29, 1.82) is 5.26 Å². The molecule has 15 heavy (non-hydrogen) atoms. The summed E-state index contributed by atoms with van der Waals surface area (Å²) in [5, 5.41) is 11.2. The van der Waals surface area contributed by atoms with Crippen molar-refractivity contribution in [3.8, 4) is 18.4 Å². The van der Waals surface area contributed by atoms with Crippen LogP contribution in [0.4, 0.5) is 0 Å². The molecule has 0 aromatic carbocycles. The number of hydrogen-bond donors (Lipinski definition) is 1. The molecule has 0 saturated carbocycles. The second-order valence-corrected chi connectivity index (χ2v) is 2.83. The summed E-state index contributed by atoms with van der Waals surface area (Å²) in [4.78, 5) is 15.4. The number of nitrogens with zero attached hydrogens (tertiary/aromatic N) is 2. The van der Waals surface area contributed by atoms with Crippen molar-refractivity contribution in [2.45, 2.75) is 6.92 Å². The SMILES string of the molecule is C#CCNC(=O)c1ccc(C#N)c(C)n1. The van der Waals surface area contributed by atoms with Crippen LogP contribution in [0.3, 0.4) is 0 Å². The number of hydrogen-bond acceptors (Lipinski definition) is 3. The van der Waals surface area contributed by atoms with Gasteiger partial charge in [0.25, 0.3) is 5.91 Å². The minimum atomic E-state index is -0.333. The van der Waals surface area contributed by atoms with Crippen molar-refractivity contribution in [3.63, 3.8) is 0 Å². The molecule has 4 nitrogen and oxygen atoms in total. The maximum atomic E-state index is 11.4. The summed E-state index contributed by atoms with van der Waals surface area (Å²) in [7, 11) is 0. The summed E-state index contributed by atoms with van der Waals surface area (Å²) in [5.41, 5.74) is 1.26. The van der Waals surface area contributed by atoms with Crippen molar-refractivity contribution < 1.29 is 4.79 Å². The third-order valence-electron chi connectivity index (χ3n) is 1.79. The molecular weight excluding hydrogens is 190 g/mol. The molecular formula is C11H9N3O. The van der Waals surface area contributed by atoms with E-state index < -0.39 is 0 Å². The number of nitriles is 1. The molecule has 0 saturated heterocycles. The van der Waals surface area contributed by atoms with Crippen molar-refractivity contribution >= 4 is 5.91 Å². The van der Waals surface area contributed by atoms with Gasteiger partial charge in [-0.3, -0.25) is 4.79 Å².